The second-order valence-corrected chi connectivity index (χ2v) is 10.0. The maximum absolute atomic E-state index is 13.7. The van der Waals surface area contributed by atoms with Crippen molar-refractivity contribution >= 4 is 29.3 Å². The van der Waals surface area contributed by atoms with Crippen LogP contribution < -0.4 is 10.2 Å². The molecule has 0 aromatic heterocycles. The molecular weight excluding hydrogens is 428 g/mol. The first-order valence-corrected chi connectivity index (χ1v) is 12.2. The Morgan fingerprint density at radius 3 is 2.45 bits per heavy atom. The first-order valence-electron chi connectivity index (χ1n) is 11.3. The molecule has 0 saturated heterocycles. The normalized spacial score (nSPS) is 16.3. The third-order valence-corrected chi connectivity index (χ3v) is 7.67. The van der Waals surface area contributed by atoms with E-state index in [1.165, 1.54) is 22.9 Å². The van der Waals surface area contributed by atoms with Crippen molar-refractivity contribution in [1.29, 1.82) is 0 Å². The maximum Gasteiger partial charge on any atom is 0.241 e. The zero-order valence-electron chi connectivity index (χ0n) is 19.6. The molecule has 33 heavy (non-hydrogen) atoms. The number of aryl methyl sites for hydroxylation is 3. The lowest BCUT2D eigenvalue weighted by Gasteiger charge is -2.36. The molecule has 0 unspecified atom stereocenters. The molecule has 0 bridgehead atoms. The number of carbonyl (C=O) groups excluding carboxylic acids is 2. The van der Waals surface area contributed by atoms with Crippen LogP contribution in [0.15, 0.2) is 71.6 Å². The summed E-state index contributed by atoms with van der Waals surface area (Å²) in [6.07, 6.45) is 0. The van der Waals surface area contributed by atoms with Crippen LogP contribution in [0.4, 0.5) is 5.69 Å². The highest BCUT2D eigenvalue weighted by Gasteiger charge is 2.39. The molecule has 170 valence electrons. The number of nitrogens with zero attached hydrogens (tertiary/aromatic N) is 1. The van der Waals surface area contributed by atoms with Gasteiger partial charge in [-0.15, -0.1) is 11.8 Å². The summed E-state index contributed by atoms with van der Waals surface area (Å²) in [7, 11) is 0. The fourth-order valence-electron chi connectivity index (χ4n) is 4.05. The van der Waals surface area contributed by atoms with Gasteiger partial charge in [0.25, 0.3) is 0 Å². The number of rotatable bonds is 6. The van der Waals surface area contributed by atoms with Crippen molar-refractivity contribution in [2.45, 2.75) is 50.9 Å². The summed E-state index contributed by atoms with van der Waals surface area (Å²) in [6, 6.07) is 22.4. The monoisotopic (exact) mass is 458 g/mol. The van der Waals surface area contributed by atoms with Gasteiger partial charge in [0.15, 0.2) is 0 Å². The van der Waals surface area contributed by atoms with E-state index in [-0.39, 0.29) is 11.8 Å². The Labute approximate surface area is 200 Å². The van der Waals surface area contributed by atoms with Gasteiger partial charge in [0.1, 0.15) is 5.25 Å². The van der Waals surface area contributed by atoms with Gasteiger partial charge in [0.2, 0.25) is 11.8 Å². The van der Waals surface area contributed by atoms with E-state index in [0.29, 0.717) is 13.1 Å². The van der Waals surface area contributed by atoms with Crippen molar-refractivity contribution in [2.24, 2.45) is 5.92 Å². The summed E-state index contributed by atoms with van der Waals surface area (Å²) in [6.45, 7) is 8.98. The van der Waals surface area contributed by atoms with E-state index in [1.54, 1.807) is 0 Å². The average molecular weight is 459 g/mol. The lowest BCUT2D eigenvalue weighted by atomic mass is 10.0. The maximum atomic E-state index is 13.7. The second kappa shape index (κ2) is 9.84. The van der Waals surface area contributed by atoms with Gasteiger partial charge in [-0.3, -0.25) is 9.59 Å². The minimum atomic E-state index is -0.469. The molecule has 0 fully saturated rings. The van der Waals surface area contributed by atoms with E-state index in [2.05, 4.69) is 37.4 Å². The number of benzene rings is 3. The SMILES string of the molecule is Cc1ccc(CNC(=O)[C@H](C)[C@@H]2Sc3ccccc3N(Cc3cc(C)ccc3C)C2=O)cc1. The van der Waals surface area contributed by atoms with Crippen molar-refractivity contribution in [2.75, 3.05) is 4.90 Å². The number of fused-ring (bicyclic) bond motifs is 1. The molecule has 1 aliphatic heterocycles. The van der Waals surface area contributed by atoms with Crippen LogP contribution in [0.5, 0.6) is 0 Å². The molecule has 2 amide bonds. The Bertz CT molecular complexity index is 1170. The smallest absolute Gasteiger partial charge is 0.241 e. The van der Waals surface area contributed by atoms with Crippen LogP contribution in [-0.4, -0.2) is 17.1 Å². The Balaban J connectivity index is 1.55. The molecule has 2 atom stereocenters. The first-order chi connectivity index (χ1) is 15.8. The van der Waals surface area contributed by atoms with E-state index in [9.17, 15) is 9.59 Å². The van der Waals surface area contributed by atoms with Crippen molar-refractivity contribution in [3.8, 4) is 0 Å². The summed E-state index contributed by atoms with van der Waals surface area (Å²) in [5, 5.41) is 2.55. The molecule has 0 radical (unpaired) electrons. The molecule has 1 heterocycles. The summed E-state index contributed by atoms with van der Waals surface area (Å²) in [4.78, 5) is 29.6. The molecule has 4 nitrogen and oxygen atoms in total. The van der Waals surface area contributed by atoms with Crippen molar-refractivity contribution in [3.05, 3.63) is 94.5 Å². The molecule has 1 N–H and O–H groups in total. The van der Waals surface area contributed by atoms with Crippen LogP contribution in [0.3, 0.4) is 0 Å². The highest BCUT2D eigenvalue weighted by Crippen LogP contribution is 2.42. The van der Waals surface area contributed by atoms with Crippen LogP contribution in [0.2, 0.25) is 0 Å². The number of thioether (sulfide) groups is 1. The minimum absolute atomic E-state index is 0.0161. The molecule has 1 aliphatic rings. The number of hydrogen-bond donors (Lipinski definition) is 1. The molecule has 0 spiro atoms. The molecule has 4 rings (SSSR count). The third-order valence-electron chi connectivity index (χ3n) is 6.21. The topological polar surface area (TPSA) is 49.4 Å². The number of anilines is 1. The van der Waals surface area contributed by atoms with Gasteiger partial charge in [-0.2, -0.15) is 0 Å². The zero-order valence-corrected chi connectivity index (χ0v) is 20.4. The van der Waals surface area contributed by atoms with Crippen LogP contribution >= 0.6 is 11.8 Å². The molecule has 3 aromatic rings. The Hall–Kier alpha value is -3.05. The van der Waals surface area contributed by atoms with E-state index in [0.717, 1.165) is 27.3 Å². The van der Waals surface area contributed by atoms with Gasteiger partial charge in [0.05, 0.1) is 18.2 Å². The quantitative estimate of drug-likeness (QED) is 0.525. The Kier molecular flexibility index (Phi) is 6.89. The second-order valence-electron chi connectivity index (χ2n) is 8.85. The van der Waals surface area contributed by atoms with E-state index in [4.69, 9.17) is 0 Å². The van der Waals surface area contributed by atoms with E-state index < -0.39 is 11.2 Å². The van der Waals surface area contributed by atoms with Crippen LogP contribution in [0, 0.1) is 26.7 Å². The Morgan fingerprint density at radius 1 is 1.00 bits per heavy atom. The Morgan fingerprint density at radius 2 is 1.70 bits per heavy atom. The van der Waals surface area contributed by atoms with Crippen molar-refractivity contribution in [1.82, 2.24) is 5.32 Å². The number of carbonyl (C=O) groups is 2. The number of nitrogens with one attached hydrogen (secondary N) is 1. The predicted molar refractivity (Wildman–Crippen MR) is 135 cm³/mol. The van der Waals surface area contributed by atoms with Crippen molar-refractivity contribution in [3.63, 3.8) is 0 Å². The summed E-state index contributed by atoms with van der Waals surface area (Å²) in [5.41, 5.74) is 6.60. The average Bonchev–Trinajstić information content (AvgIpc) is 2.81. The van der Waals surface area contributed by atoms with Gasteiger partial charge in [0, 0.05) is 11.4 Å². The summed E-state index contributed by atoms with van der Waals surface area (Å²) < 4.78 is 0. The van der Waals surface area contributed by atoms with Crippen LogP contribution in [0.25, 0.3) is 0 Å². The molecule has 3 aromatic carbocycles. The van der Waals surface area contributed by atoms with Crippen molar-refractivity contribution < 1.29 is 9.59 Å². The van der Waals surface area contributed by atoms with Gasteiger partial charge >= 0.3 is 0 Å². The largest absolute Gasteiger partial charge is 0.352 e. The van der Waals surface area contributed by atoms with Gasteiger partial charge in [-0.25, -0.2) is 0 Å². The minimum Gasteiger partial charge on any atom is -0.352 e. The first kappa shape index (κ1) is 23.1. The third kappa shape index (κ3) is 5.14. The summed E-state index contributed by atoms with van der Waals surface area (Å²) in [5.74, 6) is -0.576. The molecular formula is C28H30N2O2S. The number of hydrogen-bond acceptors (Lipinski definition) is 3. The van der Waals surface area contributed by atoms with Gasteiger partial charge < -0.3 is 10.2 Å². The molecule has 5 heteroatoms. The zero-order chi connectivity index (χ0) is 23.5. The standard InChI is InChI=1S/C28H30N2O2S/c1-18-10-13-22(14-11-18)16-29-27(31)21(4)26-28(32)30(24-7-5-6-8-25(24)33-26)17-23-15-19(2)9-12-20(23)3/h5-15,21,26H,16-17H2,1-4H3,(H,29,31)/t21-,26+/m1/s1. The van der Waals surface area contributed by atoms with Crippen LogP contribution in [0.1, 0.15) is 34.7 Å². The highest BCUT2D eigenvalue weighted by atomic mass is 32.2. The lowest BCUT2D eigenvalue weighted by molar-refractivity contribution is -0.128. The predicted octanol–water partition coefficient (Wildman–Crippen LogP) is 5.57. The van der Waals surface area contributed by atoms with Gasteiger partial charge in [-0.05, 0) is 49.6 Å². The van der Waals surface area contributed by atoms with E-state index in [1.807, 2.05) is 67.3 Å². The summed E-state index contributed by atoms with van der Waals surface area (Å²) >= 11 is 1.49. The van der Waals surface area contributed by atoms with Crippen LogP contribution in [-0.2, 0) is 22.7 Å². The highest BCUT2D eigenvalue weighted by molar-refractivity contribution is 8.01. The van der Waals surface area contributed by atoms with E-state index >= 15 is 0 Å². The fraction of sp³-hybridized carbons (Fsp3) is 0.286. The number of amides is 2. The number of para-hydroxylation sites is 1. The lowest BCUT2D eigenvalue weighted by Crippen LogP contribution is -2.47. The molecule has 0 saturated carbocycles. The van der Waals surface area contributed by atoms with Gasteiger partial charge in [-0.1, -0.05) is 72.6 Å². The molecule has 0 aliphatic carbocycles. The fourth-order valence-corrected chi connectivity index (χ4v) is 5.34.